The summed E-state index contributed by atoms with van der Waals surface area (Å²) in [5.41, 5.74) is 3.13. The molecule has 2 aromatic rings. The van der Waals surface area contributed by atoms with Crippen LogP contribution in [0.25, 0.3) is 10.9 Å². The first-order valence-electron chi connectivity index (χ1n) is 4.33. The number of benzene rings is 1. The lowest BCUT2D eigenvalue weighted by molar-refractivity contribution is 1.22. The van der Waals surface area contributed by atoms with Gasteiger partial charge >= 0.3 is 0 Å². The molecule has 0 amide bonds. The van der Waals surface area contributed by atoms with Crippen LogP contribution in [0, 0.1) is 6.92 Å². The van der Waals surface area contributed by atoms with Crippen LogP contribution in [-0.4, -0.2) is 4.98 Å². The quantitative estimate of drug-likeness (QED) is 0.569. The fraction of sp³-hybridized carbons (Fsp3) is 0.182. The highest BCUT2D eigenvalue weighted by Gasteiger charge is 2.08. The lowest BCUT2D eigenvalue weighted by Gasteiger charge is -2.07. The predicted molar refractivity (Wildman–Crippen MR) is 69.2 cm³/mol. The third kappa shape index (κ3) is 1.61. The Balaban J connectivity index is 2.85. The molecule has 1 heterocycles. The Hall–Kier alpha value is -0.350. The van der Waals surface area contributed by atoms with Crippen LogP contribution >= 0.6 is 34.2 Å². The Morgan fingerprint density at radius 2 is 2.07 bits per heavy atom. The maximum atomic E-state index is 6.21. The van der Waals surface area contributed by atoms with Gasteiger partial charge < -0.3 is 0 Å². The molecule has 14 heavy (non-hydrogen) atoms. The predicted octanol–water partition coefficient (Wildman–Crippen LogP) is 4.13. The van der Waals surface area contributed by atoms with E-state index in [0.29, 0.717) is 0 Å². The number of pyridine rings is 1. The average molecular weight is 318 g/mol. The van der Waals surface area contributed by atoms with Crippen LogP contribution in [0.15, 0.2) is 24.3 Å². The average Bonchev–Trinajstić information content (AvgIpc) is 2.23. The van der Waals surface area contributed by atoms with Crippen molar-refractivity contribution in [1.82, 2.24) is 4.98 Å². The van der Waals surface area contributed by atoms with Gasteiger partial charge in [0.25, 0.3) is 0 Å². The molecule has 0 saturated heterocycles. The van der Waals surface area contributed by atoms with E-state index in [1.807, 2.05) is 25.1 Å². The topological polar surface area (TPSA) is 12.9 Å². The summed E-state index contributed by atoms with van der Waals surface area (Å²) in [7, 11) is 0. The van der Waals surface area contributed by atoms with Crippen LogP contribution < -0.4 is 0 Å². The molecule has 1 nitrogen and oxygen atoms in total. The van der Waals surface area contributed by atoms with Crippen molar-refractivity contribution in [1.29, 1.82) is 0 Å². The highest BCUT2D eigenvalue weighted by molar-refractivity contribution is 14.1. The number of nitrogens with zero attached hydrogens (tertiary/aromatic N) is 1. The molecule has 72 valence electrons. The van der Waals surface area contributed by atoms with Gasteiger partial charge in [0.1, 0.15) is 0 Å². The van der Waals surface area contributed by atoms with E-state index in [1.165, 1.54) is 0 Å². The van der Waals surface area contributed by atoms with E-state index in [1.54, 1.807) is 0 Å². The third-order valence-electron chi connectivity index (χ3n) is 2.27. The number of para-hydroxylation sites is 1. The third-order valence-corrected chi connectivity index (χ3v) is 3.50. The van der Waals surface area contributed by atoms with Gasteiger partial charge in [-0.3, -0.25) is 4.98 Å². The summed E-state index contributed by atoms with van der Waals surface area (Å²) in [6.45, 7) is 2.04. The second-order valence-electron chi connectivity index (χ2n) is 3.15. The van der Waals surface area contributed by atoms with Gasteiger partial charge in [-0.1, -0.05) is 52.4 Å². The van der Waals surface area contributed by atoms with Gasteiger partial charge in [-0.25, -0.2) is 0 Å². The molecule has 0 saturated carbocycles. The number of hydrogen-bond acceptors (Lipinski definition) is 1. The highest BCUT2D eigenvalue weighted by Crippen LogP contribution is 2.27. The van der Waals surface area contributed by atoms with E-state index < -0.39 is 0 Å². The van der Waals surface area contributed by atoms with E-state index in [4.69, 9.17) is 11.6 Å². The van der Waals surface area contributed by atoms with Gasteiger partial charge in [0.2, 0.25) is 0 Å². The van der Waals surface area contributed by atoms with Crippen molar-refractivity contribution in [3.63, 3.8) is 0 Å². The number of alkyl halides is 1. The molecule has 1 aromatic heterocycles. The molecule has 0 bridgehead atoms. The Bertz CT molecular complexity index is 482. The molecule has 0 aliphatic heterocycles. The van der Waals surface area contributed by atoms with Crippen molar-refractivity contribution in [2.45, 2.75) is 11.4 Å². The van der Waals surface area contributed by atoms with Gasteiger partial charge in [0, 0.05) is 9.81 Å². The maximum absolute atomic E-state index is 6.21. The summed E-state index contributed by atoms with van der Waals surface area (Å²) in [6.07, 6.45) is 0. The number of halogens is 2. The van der Waals surface area contributed by atoms with Gasteiger partial charge in [-0.05, 0) is 18.6 Å². The summed E-state index contributed by atoms with van der Waals surface area (Å²) in [5, 5.41) is 1.95. The second-order valence-corrected chi connectivity index (χ2v) is 4.29. The lowest BCUT2D eigenvalue weighted by Crippen LogP contribution is -1.92. The van der Waals surface area contributed by atoms with Crippen LogP contribution in [0.4, 0.5) is 0 Å². The molecule has 0 spiro atoms. The number of aromatic nitrogens is 1. The molecule has 0 fully saturated rings. The van der Waals surface area contributed by atoms with Gasteiger partial charge in [-0.15, -0.1) is 0 Å². The summed E-state index contributed by atoms with van der Waals surface area (Å²) in [4.78, 5) is 4.51. The fourth-order valence-electron chi connectivity index (χ4n) is 1.51. The number of aryl methyl sites for hydroxylation is 1. The highest BCUT2D eigenvalue weighted by atomic mass is 127. The van der Waals surface area contributed by atoms with Crippen molar-refractivity contribution in [2.24, 2.45) is 0 Å². The first kappa shape index (κ1) is 10.2. The molecule has 0 radical (unpaired) electrons. The van der Waals surface area contributed by atoms with E-state index >= 15 is 0 Å². The minimum absolute atomic E-state index is 0.804. The Morgan fingerprint density at radius 1 is 1.36 bits per heavy atom. The van der Waals surface area contributed by atoms with Crippen molar-refractivity contribution in [3.8, 4) is 0 Å². The summed E-state index contributed by atoms with van der Waals surface area (Å²) in [5.74, 6) is 0. The van der Waals surface area contributed by atoms with Crippen molar-refractivity contribution in [3.05, 3.63) is 40.5 Å². The summed E-state index contributed by atoms with van der Waals surface area (Å²) < 4.78 is 0.849. The van der Waals surface area contributed by atoms with E-state index in [0.717, 1.165) is 31.6 Å². The molecule has 0 aliphatic rings. The van der Waals surface area contributed by atoms with Crippen LogP contribution in [0.3, 0.4) is 0 Å². The molecule has 0 N–H and O–H groups in total. The first-order chi connectivity index (χ1) is 6.74. The van der Waals surface area contributed by atoms with Gasteiger partial charge in [-0.2, -0.15) is 0 Å². The second kappa shape index (κ2) is 4.03. The lowest BCUT2D eigenvalue weighted by atomic mass is 10.1. The zero-order valence-electron chi connectivity index (χ0n) is 7.72. The standard InChI is InChI=1S/C11H9ClIN/c1-7-8-4-2-3-5-9(8)14-10(6-13)11(7)12/h2-5H,6H2,1H3. The van der Waals surface area contributed by atoms with E-state index in [-0.39, 0.29) is 0 Å². The molecule has 0 atom stereocenters. The van der Waals surface area contributed by atoms with E-state index in [9.17, 15) is 0 Å². The normalized spacial score (nSPS) is 10.8. The molecule has 2 rings (SSSR count). The van der Waals surface area contributed by atoms with Crippen molar-refractivity contribution < 1.29 is 0 Å². The molecule has 1 aromatic carbocycles. The zero-order chi connectivity index (χ0) is 10.1. The monoisotopic (exact) mass is 317 g/mol. The van der Waals surface area contributed by atoms with Crippen LogP contribution in [-0.2, 0) is 4.43 Å². The minimum atomic E-state index is 0.804. The molecular weight excluding hydrogens is 308 g/mol. The summed E-state index contributed by atoms with van der Waals surface area (Å²) >= 11 is 8.49. The van der Waals surface area contributed by atoms with Crippen LogP contribution in [0.1, 0.15) is 11.3 Å². The summed E-state index contributed by atoms with van der Waals surface area (Å²) in [6, 6.07) is 8.09. The van der Waals surface area contributed by atoms with E-state index in [2.05, 4.69) is 33.6 Å². The fourth-order valence-corrected chi connectivity index (χ4v) is 2.49. The maximum Gasteiger partial charge on any atom is 0.0709 e. The Morgan fingerprint density at radius 3 is 2.79 bits per heavy atom. The number of fused-ring (bicyclic) bond motifs is 1. The molecule has 0 unspecified atom stereocenters. The number of rotatable bonds is 1. The molecule has 3 heteroatoms. The van der Waals surface area contributed by atoms with Crippen LogP contribution in [0.5, 0.6) is 0 Å². The SMILES string of the molecule is Cc1c(Cl)c(CI)nc2ccccc12. The minimum Gasteiger partial charge on any atom is -0.250 e. The van der Waals surface area contributed by atoms with Crippen molar-refractivity contribution >= 4 is 45.1 Å². The van der Waals surface area contributed by atoms with Gasteiger partial charge in [0.05, 0.1) is 16.2 Å². The van der Waals surface area contributed by atoms with Crippen LogP contribution in [0.2, 0.25) is 5.02 Å². The Labute approximate surface area is 102 Å². The van der Waals surface area contributed by atoms with Crippen molar-refractivity contribution in [2.75, 3.05) is 0 Å². The molecule has 0 aliphatic carbocycles. The zero-order valence-corrected chi connectivity index (χ0v) is 10.6. The Kier molecular flexibility index (Phi) is 2.93. The molecular formula is C11H9ClIN. The van der Waals surface area contributed by atoms with Gasteiger partial charge in [0.15, 0.2) is 0 Å². The number of hydrogen-bond donors (Lipinski definition) is 0. The largest absolute Gasteiger partial charge is 0.250 e. The first-order valence-corrected chi connectivity index (χ1v) is 6.24. The smallest absolute Gasteiger partial charge is 0.0709 e.